The van der Waals surface area contributed by atoms with Gasteiger partial charge in [0.15, 0.2) is 0 Å². The van der Waals surface area contributed by atoms with E-state index >= 15 is 0 Å². The molecule has 0 spiro atoms. The highest BCUT2D eigenvalue weighted by atomic mass is 35.5. The molecule has 0 bridgehead atoms. The topological polar surface area (TPSA) is 33.5 Å². The molecular weight excluding hydrogens is 432 g/mol. The standard InChI is InChI=1S/C22H16Cl2FNO2S/c1-13-7-8-15-19(10-13)29-21(20(15)24)22(27)26(11-14-4-3-9-28-14)12-16-17(23)5-2-6-18(16)25/h2-10H,11-12H2,1H3. The van der Waals surface area contributed by atoms with E-state index < -0.39 is 5.82 Å². The molecule has 0 unspecified atom stereocenters. The molecule has 0 fully saturated rings. The van der Waals surface area contributed by atoms with Crippen LogP contribution in [0.3, 0.4) is 0 Å². The second-order valence-corrected chi connectivity index (χ2v) is 8.52. The summed E-state index contributed by atoms with van der Waals surface area (Å²) >= 11 is 14.1. The van der Waals surface area contributed by atoms with Crippen LogP contribution in [-0.4, -0.2) is 10.8 Å². The van der Waals surface area contributed by atoms with Gasteiger partial charge in [0.05, 0.1) is 24.4 Å². The molecule has 0 saturated heterocycles. The lowest BCUT2D eigenvalue weighted by Crippen LogP contribution is -2.30. The fraction of sp³-hybridized carbons (Fsp3) is 0.136. The van der Waals surface area contributed by atoms with Gasteiger partial charge in [0.25, 0.3) is 5.91 Å². The van der Waals surface area contributed by atoms with E-state index in [9.17, 15) is 9.18 Å². The predicted octanol–water partition coefficient (Wildman–Crippen LogP) is 7.09. The maximum atomic E-state index is 14.4. The molecule has 0 aliphatic carbocycles. The molecule has 3 nitrogen and oxygen atoms in total. The smallest absolute Gasteiger partial charge is 0.266 e. The first-order valence-electron chi connectivity index (χ1n) is 8.87. The molecule has 148 valence electrons. The van der Waals surface area contributed by atoms with Gasteiger partial charge >= 0.3 is 0 Å². The van der Waals surface area contributed by atoms with E-state index in [4.69, 9.17) is 27.6 Å². The van der Waals surface area contributed by atoms with Crippen molar-refractivity contribution in [1.82, 2.24) is 4.90 Å². The number of furan rings is 1. The van der Waals surface area contributed by atoms with Crippen molar-refractivity contribution in [2.24, 2.45) is 0 Å². The maximum absolute atomic E-state index is 14.4. The van der Waals surface area contributed by atoms with E-state index in [0.29, 0.717) is 15.7 Å². The van der Waals surface area contributed by atoms with Crippen molar-refractivity contribution in [3.05, 3.63) is 92.4 Å². The Kier molecular flexibility index (Phi) is 5.63. The predicted molar refractivity (Wildman–Crippen MR) is 115 cm³/mol. The Morgan fingerprint density at radius 2 is 1.97 bits per heavy atom. The molecule has 4 rings (SSSR count). The van der Waals surface area contributed by atoms with Crippen molar-refractivity contribution in [3.8, 4) is 0 Å². The lowest BCUT2D eigenvalue weighted by atomic mass is 10.1. The van der Waals surface area contributed by atoms with Gasteiger partial charge in [-0.3, -0.25) is 4.79 Å². The number of fused-ring (bicyclic) bond motifs is 1. The van der Waals surface area contributed by atoms with Crippen molar-refractivity contribution in [3.63, 3.8) is 0 Å². The van der Waals surface area contributed by atoms with Crippen LogP contribution in [0.5, 0.6) is 0 Å². The Labute approximate surface area is 181 Å². The number of hydrogen-bond donors (Lipinski definition) is 0. The van der Waals surface area contributed by atoms with Crippen LogP contribution in [0.25, 0.3) is 10.1 Å². The monoisotopic (exact) mass is 447 g/mol. The van der Waals surface area contributed by atoms with E-state index in [1.165, 1.54) is 34.6 Å². The van der Waals surface area contributed by atoms with E-state index in [0.717, 1.165) is 15.6 Å². The number of thiophene rings is 1. The second-order valence-electron chi connectivity index (χ2n) is 6.69. The summed E-state index contributed by atoms with van der Waals surface area (Å²) < 4.78 is 20.7. The zero-order valence-electron chi connectivity index (χ0n) is 15.4. The van der Waals surface area contributed by atoms with Gasteiger partial charge in [0.2, 0.25) is 0 Å². The first-order chi connectivity index (χ1) is 13.9. The van der Waals surface area contributed by atoms with Crippen molar-refractivity contribution in [2.45, 2.75) is 20.0 Å². The highest BCUT2D eigenvalue weighted by Crippen LogP contribution is 2.37. The minimum atomic E-state index is -0.465. The first-order valence-corrected chi connectivity index (χ1v) is 10.4. The molecule has 0 aliphatic rings. The normalized spacial score (nSPS) is 11.2. The summed E-state index contributed by atoms with van der Waals surface area (Å²) in [4.78, 5) is 15.3. The van der Waals surface area contributed by atoms with Gasteiger partial charge in [-0.25, -0.2) is 4.39 Å². The van der Waals surface area contributed by atoms with Crippen LogP contribution in [0, 0.1) is 12.7 Å². The molecule has 2 aromatic carbocycles. The Bertz CT molecular complexity index is 1170. The van der Waals surface area contributed by atoms with Crippen molar-refractivity contribution in [2.75, 3.05) is 0 Å². The molecule has 0 saturated carbocycles. The highest BCUT2D eigenvalue weighted by molar-refractivity contribution is 7.21. The average molecular weight is 448 g/mol. The van der Waals surface area contributed by atoms with E-state index in [1.54, 1.807) is 18.2 Å². The molecule has 7 heteroatoms. The number of carbonyl (C=O) groups is 1. The van der Waals surface area contributed by atoms with Crippen LogP contribution >= 0.6 is 34.5 Å². The first kappa shape index (κ1) is 20.0. The number of halogens is 3. The number of benzene rings is 2. The maximum Gasteiger partial charge on any atom is 0.266 e. The zero-order chi connectivity index (χ0) is 20.5. The lowest BCUT2D eigenvalue weighted by Gasteiger charge is -2.22. The summed E-state index contributed by atoms with van der Waals surface area (Å²) in [7, 11) is 0. The molecule has 2 heterocycles. The fourth-order valence-corrected chi connectivity index (χ4v) is 4.92. The largest absolute Gasteiger partial charge is 0.467 e. The third kappa shape index (κ3) is 4.04. The van der Waals surface area contributed by atoms with Crippen LogP contribution in [0.2, 0.25) is 10.0 Å². The zero-order valence-corrected chi connectivity index (χ0v) is 17.7. The van der Waals surface area contributed by atoms with Crippen molar-refractivity contribution in [1.29, 1.82) is 0 Å². The van der Waals surface area contributed by atoms with Crippen LogP contribution in [0.4, 0.5) is 4.39 Å². The number of carbonyl (C=O) groups excluding carboxylic acids is 1. The van der Waals surface area contributed by atoms with Crippen molar-refractivity contribution < 1.29 is 13.6 Å². The fourth-order valence-electron chi connectivity index (χ4n) is 3.12. The minimum Gasteiger partial charge on any atom is -0.467 e. The highest BCUT2D eigenvalue weighted by Gasteiger charge is 2.25. The summed E-state index contributed by atoms with van der Waals surface area (Å²) in [6.45, 7) is 2.15. The molecule has 29 heavy (non-hydrogen) atoms. The Hall–Kier alpha value is -2.34. The molecule has 0 N–H and O–H groups in total. The van der Waals surface area contributed by atoms with Crippen LogP contribution in [0.15, 0.2) is 59.2 Å². The minimum absolute atomic E-state index is 0.00532. The third-order valence-electron chi connectivity index (χ3n) is 4.60. The van der Waals surface area contributed by atoms with Gasteiger partial charge in [-0.2, -0.15) is 0 Å². The SMILES string of the molecule is Cc1ccc2c(Cl)c(C(=O)N(Cc3ccco3)Cc3c(F)cccc3Cl)sc2c1. The number of hydrogen-bond acceptors (Lipinski definition) is 3. The molecule has 4 aromatic rings. The quantitative estimate of drug-likeness (QED) is 0.327. The van der Waals surface area contributed by atoms with Gasteiger partial charge < -0.3 is 9.32 Å². The third-order valence-corrected chi connectivity index (χ3v) is 6.60. The molecule has 0 radical (unpaired) electrons. The molecule has 2 aromatic heterocycles. The summed E-state index contributed by atoms with van der Waals surface area (Å²) in [6.07, 6.45) is 1.53. The van der Waals surface area contributed by atoms with Gasteiger partial charge in [-0.15, -0.1) is 11.3 Å². The molecule has 0 aliphatic heterocycles. The molecule has 1 amide bonds. The Balaban J connectivity index is 1.74. The van der Waals surface area contributed by atoms with E-state index in [-0.39, 0.29) is 29.6 Å². The van der Waals surface area contributed by atoms with E-state index in [1.807, 2.05) is 25.1 Å². The van der Waals surface area contributed by atoms with Crippen LogP contribution in [-0.2, 0) is 13.1 Å². The average Bonchev–Trinajstić information content (AvgIpc) is 3.31. The number of amides is 1. The van der Waals surface area contributed by atoms with Gasteiger partial charge in [0, 0.05) is 20.7 Å². The lowest BCUT2D eigenvalue weighted by molar-refractivity contribution is 0.0721. The van der Waals surface area contributed by atoms with Gasteiger partial charge in [-0.1, -0.05) is 41.4 Å². The Morgan fingerprint density at radius 1 is 1.14 bits per heavy atom. The summed E-state index contributed by atoms with van der Waals surface area (Å²) in [5, 5.41) is 1.49. The van der Waals surface area contributed by atoms with Crippen LogP contribution in [0.1, 0.15) is 26.6 Å². The summed E-state index contributed by atoms with van der Waals surface area (Å²) in [5.41, 5.74) is 1.34. The second kappa shape index (κ2) is 8.19. The van der Waals surface area contributed by atoms with Crippen LogP contribution < -0.4 is 0 Å². The number of nitrogens with zero attached hydrogens (tertiary/aromatic N) is 1. The number of aryl methyl sites for hydroxylation is 1. The molecular formula is C22H16Cl2FNO2S. The summed E-state index contributed by atoms with van der Waals surface area (Å²) in [6, 6.07) is 13.8. The molecule has 0 atom stereocenters. The number of rotatable bonds is 5. The van der Waals surface area contributed by atoms with Gasteiger partial charge in [0.1, 0.15) is 16.5 Å². The summed E-state index contributed by atoms with van der Waals surface area (Å²) in [5.74, 6) is -0.184. The Morgan fingerprint density at radius 3 is 2.69 bits per heavy atom. The van der Waals surface area contributed by atoms with Crippen molar-refractivity contribution >= 4 is 50.5 Å². The van der Waals surface area contributed by atoms with E-state index in [2.05, 4.69) is 0 Å². The van der Waals surface area contributed by atoms with Gasteiger partial charge in [-0.05, 0) is 42.8 Å².